The van der Waals surface area contributed by atoms with Crippen LogP contribution < -0.4 is 5.32 Å². The summed E-state index contributed by atoms with van der Waals surface area (Å²) in [6.07, 6.45) is 9.09. The Kier molecular flexibility index (Phi) is 3.92. The van der Waals surface area contributed by atoms with Crippen molar-refractivity contribution < 1.29 is 13.2 Å². The molecule has 0 radical (unpaired) electrons. The second-order valence-electron chi connectivity index (χ2n) is 7.77. The Hall–Kier alpha value is -0.100. The fraction of sp³-hybridized carbons (Fsp3) is 0.933. The zero-order valence-electron chi connectivity index (χ0n) is 12.5. The number of halogens is 1. The smallest absolute Gasteiger partial charge is 0.220 e. The van der Waals surface area contributed by atoms with Crippen LogP contribution in [0.1, 0.15) is 44.9 Å². The van der Waals surface area contributed by atoms with Gasteiger partial charge in [-0.1, -0.05) is 15.9 Å². The maximum absolute atomic E-state index is 12.2. The minimum atomic E-state index is -3.01. The number of nitrogens with one attached hydrogen (secondary N) is 1. The van der Waals surface area contributed by atoms with Crippen molar-refractivity contribution in [1.82, 2.24) is 5.32 Å². The number of carbonyl (C=O) groups is 1. The molecule has 0 spiro atoms. The molecule has 4 fully saturated rings. The van der Waals surface area contributed by atoms with Gasteiger partial charge in [-0.15, -0.1) is 0 Å². The van der Waals surface area contributed by atoms with Crippen LogP contribution in [0.4, 0.5) is 0 Å². The summed E-state index contributed by atoms with van der Waals surface area (Å²) in [4.78, 5) is 12.2. The van der Waals surface area contributed by atoms with Gasteiger partial charge in [-0.2, -0.15) is 0 Å². The maximum Gasteiger partial charge on any atom is 0.220 e. The van der Waals surface area contributed by atoms with Crippen molar-refractivity contribution in [3.63, 3.8) is 0 Å². The summed E-state index contributed by atoms with van der Waals surface area (Å²) < 4.78 is 22.5. The van der Waals surface area contributed by atoms with E-state index in [1.54, 1.807) is 0 Å². The molecule has 0 heterocycles. The Balaban J connectivity index is 1.58. The average Bonchev–Trinajstić information content (AvgIpc) is 2.21. The van der Waals surface area contributed by atoms with Crippen molar-refractivity contribution in [2.24, 2.45) is 17.3 Å². The van der Waals surface area contributed by atoms with E-state index in [0.717, 1.165) is 18.3 Å². The normalized spacial score (nSPS) is 41.2. The van der Waals surface area contributed by atoms with Crippen molar-refractivity contribution >= 4 is 31.7 Å². The van der Waals surface area contributed by atoms with E-state index in [1.807, 2.05) is 0 Å². The second-order valence-corrected chi connectivity index (χ2v) is 11.7. The molecule has 2 unspecified atom stereocenters. The zero-order chi connectivity index (χ0) is 15.3. The van der Waals surface area contributed by atoms with Crippen LogP contribution in [0.5, 0.6) is 0 Å². The molecule has 21 heavy (non-hydrogen) atoms. The van der Waals surface area contributed by atoms with E-state index < -0.39 is 9.84 Å². The first kappa shape index (κ1) is 15.8. The summed E-state index contributed by atoms with van der Waals surface area (Å²) in [5.74, 6) is 1.60. The zero-order valence-corrected chi connectivity index (χ0v) is 14.9. The Morgan fingerprint density at radius 1 is 1.24 bits per heavy atom. The summed E-state index contributed by atoms with van der Waals surface area (Å²) in [7, 11) is -3.01. The Labute approximate surface area is 135 Å². The van der Waals surface area contributed by atoms with E-state index in [2.05, 4.69) is 21.2 Å². The predicted octanol–water partition coefficient (Wildman–Crippen LogP) is 2.27. The van der Waals surface area contributed by atoms with Gasteiger partial charge in [-0.05, 0) is 55.8 Å². The van der Waals surface area contributed by atoms with E-state index in [0.29, 0.717) is 6.42 Å². The van der Waals surface area contributed by atoms with Gasteiger partial charge in [-0.3, -0.25) is 4.79 Å². The number of sulfone groups is 1. The topological polar surface area (TPSA) is 63.2 Å². The molecule has 0 aromatic rings. The molecule has 2 atom stereocenters. The fourth-order valence-electron chi connectivity index (χ4n) is 5.32. The molecule has 4 saturated carbocycles. The Morgan fingerprint density at radius 2 is 1.86 bits per heavy atom. The second kappa shape index (κ2) is 5.22. The molecule has 0 aliphatic heterocycles. The third kappa shape index (κ3) is 3.63. The van der Waals surface area contributed by atoms with Crippen molar-refractivity contribution in [3.8, 4) is 0 Å². The first-order chi connectivity index (χ1) is 9.67. The monoisotopic (exact) mass is 377 g/mol. The van der Waals surface area contributed by atoms with Gasteiger partial charge in [0.25, 0.3) is 0 Å². The molecule has 0 aromatic heterocycles. The standard InChI is InChI=1S/C15H24BrNO3S/c1-21(19,20)3-2-17-13(18)9-14-5-11-4-12(6-14)8-15(16,7-11)10-14/h11-12H,2-10H2,1H3,(H,17,18). The van der Waals surface area contributed by atoms with Crippen LogP contribution in [0.3, 0.4) is 0 Å². The molecule has 0 saturated heterocycles. The molecule has 4 nitrogen and oxygen atoms in total. The van der Waals surface area contributed by atoms with Crippen LogP contribution >= 0.6 is 15.9 Å². The van der Waals surface area contributed by atoms with Gasteiger partial charge in [-0.25, -0.2) is 8.42 Å². The number of hydrogen-bond acceptors (Lipinski definition) is 3. The number of alkyl halides is 1. The number of rotatable bonds is 5. The van der Waals surface area contributed by atoms with Gasteiger partial charge in [0, 0.05) is 23.5 Å². The van der Waals surface area contributed by atoms with Gasteiger partial charge in [0.05, 0.1) is 5.75 Å². The lowest BCUT2D eigenvalue weighted by atomic mass is 9.48. The number of amides is 1. The van der Waals surface area contributed by atoms with Gasteiger partial charge in [0.1, 0.15) is 9.84 Å². The summed E-state index contributed by atoms with van der Waals surface area (Å²) in [5, 5.41) is 2.79. The summed E-state index contributed by atoms with van der Waals surface area (Å²) >= 11 is 3.95. The summed E-state index contributed by atoms with van der Waals surface area (Å²) in [6, 6.07) is 0. The largest absolute Gasteiger partial charge is 0.355 e. The lowest BCUT2D eigenvalue weighted by Gasteiger charge is -2.60. The van der Waals surface area contributed by atoms with E-state index in [4.69, 9.17) is 0 Å². The number of hydrogen-bond donors (Lipinski definition) is 1. The molecule has 4 aliphatic carbocycles. The molecular formula is C15H24BrNO3S. The highest BCUT2D eigenvalue weighted by molar-refractivity contribution is 9.10. The molecular weight excluding hydrogens is 354 g/mol. The van der Waals surface area contributed by atoms with Crippen LogP contribution in [0.25, 0.3) is 0 Å². The van der Waals surface area contributed by atoms with Crippen LogP contribution in [0, 0.1) is 17.3 Å². The van der Waals surface area contributed by atoms with E-state index >= 15 is 0 Å². The maximum atomic E-state index is 12.2. The highest BCUT2D eigenvalue weighted by Gasteiger charge is 2.57. The Bertz CT molecular complexity index is 531. The third-order valence-electron chi connectivity index (χ3n) is 5.44. The summed E-state index contributed by atoms with van der Waals surface area (Å²) in [5.41, 5.74) is 0.156. The molecule has 4 rings (SSSR count). The average molecular weight is 378 g/mol. The first-order valence-electron chi connectivity index (χ1n) is 7.80. The molecule has 1 amide bonds. The van der Waals surface area contributed by atoms with Crippen molar-refractivity contribution in [1.29, 1.82) is 0 Å². The van der Waals surface area contributed by atoms with Gasteiger partial charge >= 0.3 is 0 Å². The Morgan fingerprint density at radius 3 is 2.38 bits per heavy atom. The number of carbonyl (C=O) groups excluding carboxylic acids is 1. The molecule has 0 aromatic carbocycles. The van der Waals surface area contributed by atoms with Crippen molar-refractivity contribution in [2.45, 2.75) is 49.3 Å². The van der Waals surface area contributed by atoms with Crippen LogP contribution in [0.2, 0.25) is 0 Å². The lowest BCUT2D eigenvalue weighted by molar-refractivity contribution is -0.128. The van der Waals surface area contributed by atoms with Crippen molar-refractivity contribution in [2.75, 3.05) is 18.6 Å². The molecule has 6 heteroatoms. The van der Waals surface area contributed by atoms with E-state index in [1.165, 1.54) is 38.4 Å². The first-order valence-corrected chi connectivity index (χ1v) is 10.7. The third-order valence-corrected chi connectivity index (χ3v) is 7.31. The van der Waals surface area contributed by atoms with Gasteiger partial charge in [0.2, 0.25) is 5.91 Å². The highest BCUT2D eigenvalue weighted by atomic mass is 79.9. The van der Waals surface area contributed by atoms with Crippen molar-refractivity contribution in [3.05, 3.63) is 0 Å². The lowest BCUT2D eigenvalue weighted by Crippen LogP contribution is -2.54. The van der Waals surface area contributed by atoms with Crippen LogP contribution in [-0.2, 0) is 14.6 Å². The molecule has 120 valence electrons. The van der Waals surface area contributed by atoms with E-state index in [-0.39, 0.29) is 27.9 Å². The van der Waals surface area contributed by atoms with E-state index in [9.17, 15) is 13.2 Å². The SMILES string of the molecule is CS(=O)(=O)CCNC(=O)CC12CC3CC(CC(Br)(C3)C1)C2. The minimum Gasteiger partial charge on any atom is -0.355 e. The fourth-order valence-corrected chi connectivity index (χ4v) is 7.30. The molecule has 4 bridgehead atoms. The van der Waals surface area contributed by atoms with Crippen LogP contribution in [0.15, 0.2) is 0 Å². The molecule has 1 N–H and O–H groups in total. The molecule has 4 aliphatic rings. The van der Waals surface area contributed by atoms with Crippen LogP contribution in [-0.4, -0.2) is 37.2 Å². The quantitative estimate of drug-likeness (QED) is 0.747. The predicted molar refractivity (Wildman–Crippen MR) is 86.1 cm³/mol. The highest BCUT2D eigenvalue weighted by Crippen LogP contribution is 2.65. The van der Waals surface area contributed by atoms with Gasteiger partial charge in [0.15, 0.2) is 0 Å². The van der Waals surface area contributed by atoms with Gasteiger partial charge < -0.3 is 5.32 Å². The summed E-state index contributed by atoms with van der Waals surface area (Å²) in [6.45, 7) is 0.236. The minimum absolute atomic E-state index is 0.0247.